The van der Waals surface area contributed by atoms with E-state index in [2.05, 4.69) is 0 Å². The Bertz CT molecular complexity index is 1050. The van der Waals surface area contributed by atoms with Crippen molar-refractivity contribution in [3.63, 3.8) is 0 Å². The van der Waals surface area contributed by atoms with Gasteiger partial charge in [0.2, 0.25) is 0 Å². The van der Waals surface area contributed by atoms with E-state index in [9.17, 15) is 13.2 Å². The second kappa shape index (κ2) is 7.08. The molecule has 0 spiro atoms. The molecule has 2 aromatic carbocycles. The number of fused-ring (bicyclic) bond motifs is 1. The number of rotatable bonds is 6. The minimum Gasteiger partial charge on any atom is -0.327 e. The Morgan fingerprint density at radius 2 is 1.65 bits per heavy atom. The monoisotopic (exact) mass is 369 g/mol. The van der Waals surface area contributed by atoms with Crippen molar-refractivity contribution in [2.75, 3.05) is 6.26 Å². The van der Waals surface area contributed by atoms with Crippen LogP contribution >= 0.6 is 0 Å². The predicted octanol–water partition coefficient (Wildman–Crippen LogP) is 4.52. The van der Waals surface area contributed by atoms with E-state index in [1.54, 1.807) is 12.1 Å². The van der Waals surface area contributed by atoms with Crippen LogP contribution in [0.3, 0.4) is 0 Å². The Labute approximate surface area is 154 Å². The molecule has 0 saturated carbocycles. The lowest BCUT2D eigenvalue weighted by atomic mass is 10.0. The van der Waals surface area contributed by atoms with Gasteiger partial charge in [-0.15, -0.1) is 0 Å². The molecule has 136 valence electrons. The molecule has 1 atom stereocenters. The van der Waals surface area contributed by atoms with Crippen LogP contribution in [0.1, 0.15) is 46.8 Å². The van der Waals surface area contributed by atoms with E-state index >= 15 is 0 Å². The zero-order chi connectivity index (χ0) is 18.9. The molecule has 0 saturated heterocycles. The maximum Gasteiger partial charge on any atom is 0.195 e. The van der Waals surface area contributed by atoms with Crippen molar-refractivity contribution in [1.29, 1.82) is 0 Å². The Balaban J connectivity index is 2.30. The summed E-state index contributed by atoms with van der Waals surface area (Å²) >= 11 is 0. The van der Waals surface area contributed by atoms with E-state index in [-0.39, 0.29) is 5.78 Å². The summed E-state index contributed by atoms with van der Waals surface area (Å²) in [5, 5.41) is 0.123. The summed E-state index contributed by atoms with van der Waals surface area (Å²) in [6.07, 6.45) is 2.52. The van der Waals surface area contributed by atoms with Crippen LogP contribution in [0.4, 0.5) is 0 Å². The maximum atomic E-state index is 13.2. The molecule has 0 aliphatic heterocycles. The van der Waals surface area contributed by atoms with Gasteiger partial charge in [-0.3, -0.25) is 4.79 Å². The lowest BCUT2D eigenvalue weighted by Gasteiger charge is -2.20. The van der Waals surface area contributed by atoms with Crippen LogP contribution in [0.5, 0.6) is 0 Å². The van der Waals surface area contributed by atoms with Gasteiger partial charge in [0.15, 0.2) is 15.6 Å². The molecule has 4 nitrogen and oxygen atoms in total. The summed E-state index contributed by atoms with van der Waals surface area (Å²) in [6, 6.07) is 16.6. The summed E-state index contributed by atoms with van der Waals surface area (Å²) in [5.41, 5.74) is 2.67. The van der Waals surface area contributed by atoms with Gasteiger partial charge in [-0.05, 0) is 19.4 Å². The third-order valence-corrected chi connectivity index (χ3v) is 6.17. The second-order valence-corrected chi connectivity index (χ2v) is 8.82. The highest BCUT2D eigenvalue weighted by Crippen LogP contribution is 2.34. The molecule has 0 amide bonds. The number of nitrogens with zero attached hydrogens (tertiary/aromatic N) is 1. The fourth-order valence-corrected chi connectivity index (χ4v) is 4.88. The Morgan fingerprint density at radius 3 is 2.27 bits per heavy atom. The van der Waals surface area contributed by atoms with E-state index in [0.29, 0.717) is 23.2 Å². The van der Waals surface area contributed by atoms with Gasteiger partial charge >= 0.3 is 0 Å². The molecule has 26 heavy (non-hydrogen) atoms. The third kappa shape index (κ3) is 3.19. The molecule has 1 unspecified atom stereocenters. The quantitative estimate of drug-likeness (QED) is 0.600. The average Bonchev–Trinajstić information content (AvgIpc) is 2.90. The zero-order valence-corrected chi connectivity index (χ0v) is 16.1. The van der Waals surface area contributed by atoms with Crippen LogP contribution < -0.4 is 0 Å². The van der Waals surface area contributed by atoms with Gasteiger partial charge in [0.25, 0.3) is 0 Å². The van der Waals surface area contributed by atoms with Gasteiger partial charge in [0, 0.05) is 22.9 Å². The number of aromatic nitrogens is 1. The van der Waals surface area contributed by atoms with Gasteiger partial charge in [-0.1, -0.05) is 61.9 Å². The van der Waals surface area contributed by atoms with Gasteiger partial charge < -0.3 is 4.57 Å². The highest BCUT2D eigenvalue weighted by Gasteiger charge is 2.29. The number of hydrogen-bond donors (Lipinski definition) is 0. The highest BCUT2D eigenvalue weighted by molar-refractivity contribution is 7.90. The molecule has 0 N–H and O–H groups in total. The lowest BCUT2D eigenvalue weighted by molar-refractivity contribution is 0.103. The van der Waals surface area contributed by atoms with E-state index in [1.165, 1.54) is 6.26 Å². The molecule has 0 aliphatic rings. The van der Waals surface area contributed by atoms with E-state index in [1.807, 2.05) is 60.9 Å². The van der Waals surface area contributed by atoms with Gasteiger partial charge in [-0.25, -0.2) is 8.42 Å². The first-order chi connectivity index (χ1) is 12.4. The normalized spacial score (nSPS) is 13.0. The standard InChI is InChI=1S/C21H23NO3S/c1-4-10-19(26(3,24)25)22-15(2)20(17-13-8-9-14-18(17)22)21(23)16-11-6-5-7-12-16/h5-9,11-14,19H,4,10H2,1-3H3. The summed E-state index contributed by atoms with van der Waals surface area (Å²) < 4.78 is 26.7. The Hall–Kier alpha value is -2.40. The topological polar surface area (TPSA) is 56.1 Å². The highest BCUT2D eigenvalue weighted by atomic mass is 32.2. The first-order valence-electron chi connectivity index (χ1n) is 8.74. The molecular formula is C21H23NO3S. The molecule has 0 aliphatic carbocycles. The van der Waals surface area contributed by atoms with Gasteiger partial charge in [-0.2, -0.15) is 0 Å². The van der Waals surface area contributed by atoms with Crippen molar-refractivity contribution < 1.29 is 13.2 Å². The number of hydrogen-bond acceptors (Lipinski definition) is 3. The lowest BCUT2D eigenvalue weighted by Crippen LogP contribution is -2.20. The van der Waals surface area contributed by atoms with Crippen molar-refractivity contribution >= 4 is 26.5 Å². The van der Waals surface area contributed by atoms with Crippen LogP contribution in [0, 0.1) is 6.92 Å². The summed E-state index contributed by atoms with van der Waals surface area (Å²) in [4.78, 5) is 13.2. The number of carbonyl (C=O) groups excluding carboxylic acids is 1. The number of para-hydroxylation sites is 1. The average molecular weight is 369 g/mol. The number of ketones is 1. The molecule has 5 heteroatoms. The SMILES string of the molecule is CCCC(n1c(C)c(C(=O)c2ccccc2)c2ccccc21)S(C)(=O)=O. The van der Waals surface area contributed by atoms with Crippen molar-refractivity contribution in [2.24, 2.45) is 0 Å². The fraction of sp³-hybridized carbons (Fsp3) is 0.286. The Kier molecular flexibility index (Phi) is 5.01. The number of carbonyl (C=O) groups is 1. The summed E-state index contributed by atoms with van der Waals surface area (Å²) in [6.45, 7) is 3.80. The van der Waals surface area contributed by atoms with E-state index in [0.717, 1.165) is 17.3 Å². The van der Waals surface area contributed by atoms with E-state index in [4.69, 9.17) is 0 Å². The smallest absolute Gasteiger partial charge is 0.195 e. The van der Waals surface area contributed by atoms with Gasteiger partial charge in [0.05, 0.1) is 11.1 Å². The van der Waals surface area contributed by atoms with Crippen LogP contribution in [0.25, 0.3) is 10.9 Å². The number of sulfone groups is 1. The number of benzene rings is 2. The third-order valence-electron chi connectivity index (χ3n) is 4.74. The van der Waals surface area contributed by atoms with Crippen LogP contribution in [-0.4, -0.2) is 25.0 Å². The van der Waals surface area contributed by atoms with Crippen LogP contribution in [0.15, 0.2) is 54.6 Å². The van der Waals surface area contributed by atoms with Crippen molar-refractivity contribution in [2.45, 2.75) is 32.1 Å². The first kappa shape index (κ1) is 18.4. The Morgan fingerprint density at radius 1 is 1.04 bits per heavy atom. The van der Waals surface area contributed by atoms with Gasteiger partial charge in [0.1, 0.15) is 5.37 Å². The minimum absolute atomic E-state index is 0.0817. The molecule has 3 rings (SSSR count). The minimum atomic E-state index is -3.32. The van der Waals surface area contributed by atoms with Crippen molar-refractivity contribution in [3.8, 4) is 0 Å². The molecule has 1 heterocycles. The summed E-state index contributed by atoms with van der Waals surface area (Å²) in [7, 11) is -3.32. The molecule has 1 aromatic heterocycles. The van der Waals surface area contributed by atoms with E-state index < -0.39 is 15.2 Å². The van der Waals surface area contributed by atoms with Crippen molar-refractivity contribution in [1.82, 2.24) is 4.57 Å². The molecule has 3 aromatic rings. The largest absolute Gasteiger partial charge is 0.327 e. The van der Waals surface area contributed by atoms with Crippen molar-refractivity contribution in [3.05, 3.63) is 71.4 Å². The van der Waals surface area contributed by atoms with Crippen LogP contribution in [-0.2, 0) is 9.84 Å². The molecule has 0 fully saturated rings. The second-order valence-electron chi connectivity index (χ2n) is 6.62. The summed E-state index contributed by atoms with van der Waals surface area (Å²) in [5.74, 6) is -0.0817. The first-order valence-corrected chi connectivity index (χ1v) is 10.7. The molecule has 0 bridgehead atoms. The zero-order valence-electron chi connectivity index (χ0n) is 15.3. The predicted molar refractivity (Wildman–Crippen MR) is 105 cm³/mol. The fourth-order valence-electron chi connectivity index (χ4n) is 3.56. The molecular weight excluding hydrogens is 346 g/mol. The van der Waals surface area contributed by atoms with Crippen LogP contribution in [0.2, 0.25) is 0 Å². The molecule has 0 radical (unpaired) electrons. The maximum absolute atomic E-state index is 13.2.